The number of carbonyl (C=O) groups excluding carboxylic acids is 1. The van der Waals surface area contributed by atoms with Crippen molar-refractivity contribution in [3.05, 3.63) is 46.2 Å². The van der Waals surface area contributed by atoms with Crippen LogP contribution in [0.15, 0.2) is 35.1 Å². The Morgan fingerprint density at radius 1 is 1.27 bits per heavy atom. The Labute approximate surface area is 153 Å². The number of aromatic nitrogens is 1. The zero-order chi connectivity index (χ0) is 18.5. The molecule has 6 heteroatoms. The predicted octanol–water partition coefficient (Wildman–Crippen LogP) is 1.54. The summed E-state index contributed by atoms with van der Waals surface area (Å²) in [5.41, 5.74) is 1.79. The molecule has 26 heavy (non-hydrogen) atoms. The van der Waals surface area contributed by atoms with Gasteiger partial charge in [0.2, 0.25) is 5.91 Å². The van der Waals surface area contributed by atoms with Gasteiger partial charge in [-0.3, -0.25) is 14.5 Å². The number of rotatable bonds is 6. The Bertz CT molecular complexity index is 825. The molecule has 1 amide bonds. The molecule has 1 fully saturated rings. The van der Waals surface area contributed by atoms with E-state index in [0.29, 0.717) is 19.5 Å². The summed E-state index contributed by atoms with van der Waals surface area (Å²) >= 11 is 0. The minimum atomic E-state index is -0.0596. The van der Waals surface area contributed by atoms with Crippen molar-refractivity contribution in [1.29, 1.82) is 0 Å². The van der Waals surface area contributed by atoms with E-state index in [9.17, 15) is 9.59 Å². The fourth-order valence-corrected chi connectivity index (χ4v) is 3.44. The number of benzene rings is 1. The van der Waals surface area contributed by atoms with E-state index < -0.39 is 0 Å². The van der Waals surface area contributed by atoms with Crippen molar-refractivity contribution < 1.29 is 9.53 Å². The highest BCUT2D eigenvalue weighted by Gasteiger charge is 2.17. The van der Waals surface area contributed by atoms with E-state index in [2.05, 4.69) is 17.1 Å². The molecular weight excluding hydrogens is 330 g/mol. The fourth-order valence-electron chi connectivity index (χ4n) is 3.44. The minimum Gasteiger partial charge on any atom is -0.379 e. The monoisotopic (exact) mass is 357 g/mol. The summed E-state index contributed by atoms with van der Waals surface area (Å²) in [7, 11) is 0. The van der Waals surface area contributed by atoms with Crippen LogP contribution in [0.25, 0.3) is 10.9 Å². The lowest BCUT2D eigenvalue weighted by atomic mass is 10.1. The first-order valence-corrected chi connectivity index (χ1v) is 9.24. The Balaban J connectivity index is 1.58. The smallest absolute Gasteiger partial charge is 0.251 e. The lowest BCUT2D eigenvalue weighted by Crippen LogP contribution is -2.47. The number of para-hydroxylation sites is 1. The van der Waals surface area contributed by atoms with Gasteiger partial charge in [-0.2, -0.15) is 0 Å². The van der Waals surface area contributed by atoms with Crippen LogP contribution in [0.5, 0.6) is 0 Å². The summed E-state index contributed by atoms with van der Waals surface area (Å²) in [6, 6.07) is 9.74. The molecule has 2 heterocycles. The Morgan fingerprint density at radius 2 is 2.00 bits per heavy atom. The van der Waals surface area contributed by atoms with Gasteiger partial charge in [0.1, 0.15) is 0 Å². The molecule has 1 aromatic heterocycles. The molecule has 0 radical (unpaired) electrons. The molecule has 0 saturated carbocycles. The number of amides is 1. The summed E-state index contributed by atoms with van der Waals surface area (Å²) in [6.07, 6.45) is 0.294. The number of ether oxygens (including phenoxy) is 1. The van der Waals surface area contributed by atoms with Crippen LogP contribution in [-0.2, 0) is 16.1 Å². The molecule has 1 N–H and O–H groups in total. The van der Waals surface area contributed by atoms with Crippen molar-refractivity contribution in [3.8, 4) is 0 Å². The van der Waals surface area contributed by atoms with E-state index >= 15 is 0 Å². The van der Waals surface area contributed by atoms with Crippen LogP contribution in [0.1, 0.15) is 18.9 Å². The maximum absolute atomic E-state index is 12.4. The third kappa shape index (κ3) is 4.31. The van der Waals surface area contributed by atoms with E-state index in [1.807, 2.05) is 31.2 Å². The number of carbonyl (C=O) groups is 1. The van der Waals surface area contributed by atoms with Gasteiger partial charge < -0.3 is 14.6 Å². The quantitative estimate of drug-likeness (QED) is 0.852. The minimum absolute atomic E-state index is 0.0262. The number of nitrogens with zero attached hydrogens (tertiary/aromatic N) is 2. The SMILES string of the molecule is Cc1cc(=O)n(CCC(=O)NCC(C)N2CCOCC2)c2ccccc12. The molecule has 3 rings (SSSR count). The second-order valence-corrected chi connectivity index (χ2v) is 6.89. The van der Waals surface area contributed by atoms with Crippen molar-refractivity contribution in [1.82, 2.24) is 14.8 Å². The highest BCUT2D eigenvalue weighted by atomic mass is 16.5. The zero-order valence-electron chi connectivity index (χ0n) is 15.5. The number of aryl methyl sites for hydroxylation is 2. The summed E-state index contributed by atoms with van der Waals surface area (Å²) in [4.78, 5) is 26.9. The average Bonchev–Trinajstić information content (AvgIpc) is 2.66. The fraction of sp³-hybridized carbons (Fsp3) is 0.500. The lowest BCUT2D eigenvalue weighted by Gasteiger charge is -2.32. The van der Waals surface area contributed by atoms with Gasteiger partial charge in [0.05, 0.1) is 18.7 Å². The van der Waals surface area contributed by atoms with Crippen molar-refractivity contribution in [2.45, 2.75) is 32.9 Å². The second-order valence-electron chi connectivity index (χ2n) is 6.89. The van der Waals surface area contributed by atoms with Gasteiger partial charge in [0.15, 0.2) is 0 Å². The maximum atomic E-state index is 12.4. The van der Waals surface area contributed by atoms with Crippen LogP contribution < -0.4 is 10.9 Å². The number of hydrogen-bond donors (Lipinski definition) is 1. The normalized spacial score (nSPS) is 16.5. The van der Waals surface area contributed by atoms with Crippen LogP contribution >= 0.6 is 0 Å². The molecular formula is C20H27N3O3. The zero-order valence-corrected chi connectivity index (χ0v) is 15.5. The van der Waals surface area contributed by atoms with E-state index in [0.717, 1.165) is 42.8 Å². The highest BCUT2D eigenvalue weighted by Crippen LogP contribution is 2.16. The van der Waals surface area contributed by atoms with Gasteiger partial charge in [0, 0.05) is 50.1 Å². The maximum Gasteiger partial charge on any atom is 0.251 e. The van der Waals surface area contributed by atoms with Crippen molar-refractivity contribution in [2.24, 2.45) is 0 Å². The topological polar surface area (TPSA) is 63.6 Å². The van der Waals surface area contributed by atoms with Crippen molar-refractivity contribution in [3.63, 3.8) is 0 Å². The summed E-state index contributed by atoms with van der Waals surface area (Å²) in [5.74, 6) is -0.0262. The van der Waals surface area contributed by atoms with Crippen molar-refractivity contribution in [2.75, 3.05) is 32.8 Å². The van der Waals surface area contributed by atoms with Gasteiger partial charge in [-0.1, -0.05) is 18.2 Å². The number of hydrogen-bond acceptors (Lipinski definition) is 4. The van der Waals surface area contributed by atoms with Crippen molar-refractivity contribution >= 4 is 16.8 Å². The molecule has 1 aliphatic rings. The second kappa shape index (κ2) is 8.47. The Kier molecular flexibility index (Phi) is 6.06. The first-order chi connectivity index (χ1) is 12.6. The van der Waals surface area contributed by atoms with E-state index in [4.69, 9.17) is 4.74 Å². The van der Waals surface area contributed by atoms with Gasteiger partial charge >= 0.3 is 0 Å². The van der Waals surface area contributed by atoms with Gasteiger partial charge in [-0.15, -0.1) is 0 Å². The van der Waals surface area contributed by atoms with Gasteiger partial charge in [-0.05, 0) is 25.5 Å². The summed E-state index contributed by atoms with van der Waals surface area (Å²) in [5, 5.41) is 4.04. The van der Waals surface area contributed by atoms with Crippen LogP contribution in [0.2, 0.25) is 0 Å². The summed E-state index contributed by atoms with van der Waals surface area (Å²) in [6.45, 7) is 8.37. The molecule has 1 aliphatic heterocycles. The van der Waals surface area contributed by atoms with Crippen LogP contribution in [0, 0.1) is 6.92 Å². The van der Waals surface area contributed by atoms with E-state index in [1.54, 1.807) is 10.6 Å². The number of fused-ring (bicyclic) bond motifs is 1. The molecule has 1 unspecified atom stereocenters. The number of pyridine rings is 1. The third-order valence-corrected chi connectivity index (χ3v) is 5.05. The standard InChI is InChI=1S/C20H27N3O3/c1-15-13-20(25)23(18-6-4-3-5-17(15)18)8-7-19(24)21-14-16(2)22-9-11-26-12-10-22/h3-6,13,16H,7-12,14H2,1-2H3,(H,21,24). The first kappa shape index (κ1) is 18.6. The van der Waals surface area contributed by atoms with Gasteiger partial charge in [-0.25, -0.2) is 0 Å². The molecule has 2 aromatic rings. The number of morpholine rings is 1. The van der Waals surface area contributed by atoms with E-state index in [1.165, 1.54) is 0 Å². The van der Waals surface area contributed by atoms with Crippen LogP contribution in [0.3, 0.4) is 0 Å². The molecule has 1 aromatic carbocycles. The number of nitrogens with one attached hydrogen (secondary N) is 1. The molecule has 0 aliphatic carbocycles. The molecule has 0 bridgehead atoms. The van der Waals surface area contributed by atoms with Crippen LogP contribution in [0.4, 0.5) is 0 Å². The largest absolute Gasteiger partial charge is 0.379 e. The Hall–Kier alpha value is -2.18. The molecule has 1 saturated heterocycles. The average molecular weight is 357 g/mol. The first-order valence-electron chi connectivity index (χ1n) is 9.24. The summed E-state index contributed by atoms with van der Waals surface area (Å²) < 4.78 is 7.04. The predicted molar refractivity (Wildman–Crippen MR) is 102 cm³/mol. The lowest BCUT2D eigenvalue weighted by molar-refractivity contribution is -0.121. The molecule has 0 spiro atoms. The van der Waals surface area contributed by atoms with Gasteiger partial charge in [0.25, 0.3) is 5.56 Å². The molecule has 140 valence electrons. The highest BCUT2D eigenvalue weighted by molar-refractivity contribution is 5.82. The van der Waals surface area contributed by atoms with Crippen LogP contribution in [-0.4, -0.2) is 54.3 Å². The van der Waals surface area contributed by atoms with E-state index in [-0.39, 0.29) is 17.5 Å². The molecule has 1 atom stereocenters. The Morgan fingerprint density at radius 3 is 2.77 bits per heavy atom. The molecule has 6 nitrogen and oxygen atoms in total. The third-order valence-electron chi connectivity index (χ3n) is 5.05.